The van der Waals surface area contributed by atoms with Crippen LogP contribution in [0.1, 0.15) is 32.1 Å². The lowest BCUT2D eigenvalue weighted by Gasteiger charge is -2.24. The fourth-order valence-corrected chi connectivity index (χ4v) is 2.59. The SMILES string of the molecule is O=C(C(=O)N1CCCNCC1)N1CCCCCC1. The number of likely N-dealkylation sites (tertiary alicyclic amines) is 1. The van der Waals surface area contributed by atoms with Crippen LogP contribution in [0.4, 0.5) is 0 Å². The fraction of sp³-hybridized carbons (Fsp3) is 0.846. The van der Waals surface area contributed by atoms with E-state index in [9.17, 15) is 9.59 Å². The van der Waals surface area contributed by atoms with Gasteiger partial charge in [-0.05, 0) is 25.8 Å². The zero-order chi connectivity index (χ0) is 12.8. The number of carbonyl (C=O) groups excluding carboxylic acids is 2. The summed E-state index contributed by atoms with van der Waals surface area (Å²) in [5.74, 6) is -0.598. The van der Waals surface area contributed by atoms with E-state index in [4.69, 9.17) is 0 Å². The van der Waals surface area contributed by atoms with Crippen LogP contribution in [0, 0.1) is 0 Å². The number of hydrogen-bond donors (Lipinski definition) is 1. The molecule has 0 saturated carbocycles. The molecule has 2 saturated heterocycles. The van der Waals surface area contributed by atoms with Crippen LogP contribution in [-0.2, 0) is 9.59 Å². The van der Waals surface area contributed by atoms with Gasteiger partial charge in [0, 0.05) is 32.7 Å². The average Bonchev–Trinajstić information content (AvgIpc) is 2.81. The van der Waals surface area contributed by atoms with E-state index in [0.717, 1.165) is 45.4 Å². The lowest BCUT2D eigenvalue weighted by Crippen LogP contribution is -2.46. The summed E-state index contributed by atoms with van der Waals surface area (Å²) in [6.07, 6.45) is 5.33. The summed E-state index contributed by atoms with van der Waals surface area (Å²) in [6.45, 7) is 4.57. The quantitative estimate of drug-likeness (QED) is 0.628. The molecule has 5 nitrogen and oxygen atoms in total. The summed E-state index contributed by atoms with van der Waals surface area (Å²) < 4.78 is 0. The van der Waals surface area contributed by atoms with Crippen LogP contribution in [0.2, 0.25) is 0 Å². The first kappa shape index (κ1) is 13.3. The molecule has 2 aliphatic rings. The summed E-state index contributed by atoms with van der Waals surface area (Å²) >= 11 is 0. The molecule has 2 amide bonds. The predicted octanol–water partition coefficient (Wildman–Crippen LogP) is 0.211. The van der Waals surface area contributed by atoms with E-state index in [0.29, 0.717) is 13.1 Å². The Bertz CT molecular complexity index is 261. The Kier molecular flexibility index (Phi) is 4.99. The molecule has 18 heavy (non-hydrogen) atoms. The van der Waals surface area contributed by atoms with E-state index in [-0.39, 0.29) is 11.8 Å². The van der Waals surface area contributed by atoms with Gasteiger partial charge in [-0.1, -0.05) is 12.8 Å². The van der Waals surface area contributed by atoms with Gasteiger partial charge in [0.1, 0.15) is 0 Å². The molecule has 0 bridgehead atoms. The van der Waals surface area contributed by atoms with Crippen LogP contribution in [0.5, 0.6) is 0 Å². The molecule has 0 aromatic rings. The van der Waals surface area contributed by atoms with Gasteiger partial charge in [0.25, 0.3) is 0 Å². The Hall–Kier alpha value is -1.10. The minimum atomic E-state index is -0.305. The van der Waals surface area contributed by atoms with Gasteiger partial charge >= 0.3 is 11.8 Å². The van der Waals surface area contributed by atoms with Crippen LogP contribution in [0.3, 0.4) is 0 Å². The highest BCUT2D eigenvalue weighted by Gasteiger charge is 2.27. The monoisotopic (exact) mass is 253 g/mol. The molecule has 0 spiro atoms. The lowest BCUT2D eigenvalue weighted by molar-refractivity contribution is -0.151. The van der Waals surface area contributed by atoms with E-state index in [1.165, 1.54) is 12.8 Å². The first-order valence-electron chi connectivity index (χ1n) is 7.08. The van der Waals surface area contributed by atoms with E-state index >= 15 is 0 Å². The molecule has 2 aliphatic heterocycles. The standard InChI is InChI=1S/C13H23N3O2/c17-12(15-8-3-1-2-4-9-15)13(18)16-10-5-6-14-7-11-16/h14H,1-11H2. The maximum Gasteiger partial charge on any atom is 0.312 e. The van der Waals surface area contributed by atoms with E-state index in [2.05, 4.69) is 5.32 Å². The topological polar surface area (TPSA) is 52.7 Å². The van der Waals surface area contributed by atoms with Gasteiger partial charge in [0.05, 0.1) is 0 Å². The van der Waals surface area contributed by atoms with Crippen molar-refractivity contribution in [1.82, 2.24) is 15.1 Å². The molecule has 0 aromatic heterocycles. The molecular formula is C13H23N3O2. The largest absolute Gasteiger partial charge is 0.334 e. The number of carbonyl (C=O) groups is 2. The maximum atomic E-state index is 12.2. The fourth-order valence-electron chi connectivity index (χ4n) is 2.59. The highest BCUT2D eigenvalue weighted by molar-refractivity contribution is 6.34. The van der Waals surface area contributed by atoms with Crippen molar-refractivity contribution < 1.29 is 9.59 Å². The van der Waals surface area contributed by atoms with Crippen LogP contribution in [-0.4, -0.2) is 60.9 Å². The molecular weight excluding hydrogens is 230 g/mol. The third kappa shape index (κ3) is 3.45. The number of nitrogens with one attached hydrogen (secondary N) is 1. The third-order valence-corrected chi connectivity index (χ3v) is 3.70. The van der Waals surface area contributed by atoms with Gasteiger partial charge in [-0.25, -0.2) is 0 Å². The highest BCUT2D eigenvalue weighted by atomic mass is 16.2. The molecule has 0 aromatic carbocycles. The van der Waals surface area contributed by atoms with Gasteiger partial charge in [0.15, 0.2) is 0 Å². The Labute approximate surface area is 108 Å². The van der Waals surface area contributed by atoms with Gasteiger partial charge in [-0.2, -0.15) is 0 Å². The Morgan fingerprint density at radius 2 is 1.22 bits per heavy atom. The van der Waals surface area contributed by atoms with Gasteiger partial charge in [0.2, 0.25) is 0 Å². The Balaban J connectivity index is 1.91. The summed E-state index contributed by atoms with van der Waals surface area (Å²) in [4.78, 5) is 27.8. The van der Waals surface area contributed by atoms with Crippen LogP contribution >= 0.6 is 0 Å². The van der Waals surface area contributed by atoms with E-state index in [1.54, 1.807) is 9.80 Å². The second kappa shape index (κ2) is 6.73. The smallest absolute Gasteiger partial charge is 0.312 e. The van der Waals surface area contributed by atoms with Crippen LogP contribution < -0.4 is 5.32 Å². The van der Waals surface area contributed by atoms with Crippen LogP contribution in [0.15, 0.2) is 0 Å². The molecule has 102 valence electrons. The molecule has 0 radical (unpaired) electrons. The second-order valence-electron chi connectivity index (χ2n) is 5.10. The molecule has 2 fully saturated rings. The van der Waals surface area contributed by atoms with Crippen molar-refractivity contribution in [3.63, 3.8) is 0 Å². The van der Waals surface area contributed by atoms with Crippen molar-refractivity contribution in [2.45, 2.75) is 32.1 Å². The number of amides is 2. The highest BCUT2D eigenvalue weighted by Crippen LogP contribution is 2.10. The van der Waals surface area contributed by atoms with Crippen LogP contribution in [0.25, 0.3) is 0 Å². The van der Waals surface area contributed by atoms with Crippen molar-refractivity contribution in [2.24, 2.45) is 0 Å². The molecule has 2 rings (SSSR count). The van der Waals surface area contributed by atoms with Crippen molar-refractivity contribution in [1.29, 1.82) is 0 Å². The molecule has 2 heterocycles. The van der Waals surface area contributed by atoms with Crippen molar-refractivity contribution in [2.75, 3.05) is 39.3 Å². The third-order valence-electron chi connectivity index (χ3n) is 3.70. The predicted molar refractivity (Wildman–Crippen MR) is 69.1 cm³/mol. The first-order valence-corrected chi connectivity index (χ1v) is 7.08. The maximum absolute atomic E-state index is 12.2. The minimum Gasteiger partial charge on any atom is -0.334 e. The zero-order valence-electron chi connectivity index (χ0n) is 11.0. The number of hydrogen-bond acceptors (Lipinski definition) is 3. The summed E-state index contributed by atoms with van der Waals surface area (Å²) in [7, 11) is 0. The second-order valence-corrected chi connectivity index (χ2v) is 5.10. The van der Waals surface area contributed by atoms with E-state index < -0.39 is 0 Å². The summed E-state index contributed by atoms with van der Waals surface area (Å²) in [5, 5.41) is 3.24. The Morgan fingerprint density at radius 3 is 1.89 bits per heavy atom. The Morgan fingerprint density at radius 1 is 0.667 bits per heavy atom. The van der Waals surface area contributed by atoms with Crippen molar-refractivity contribution in [3.8, 4) is 0 Å². The van der Waals surface area contributed by atoms with Crippen molar-refractivity contribution in [3.05, 3.63) is 0 Å². The summed E-state index contributed by atoms with van der Waals surface area (Å²) in [6, 6.07) is 0. The lowest BCUT2D eigenvalue weighted by atomic mass is 10.2. The summed E-state index contributed by atoms with van der Waals surface area (Å²) in [5.41, 5.74) is 0. The molecule has 1 N–H and O–H groups in total. The van der Waals surface area contributed by atoms with Gasteiger partial charge in [-0.3, -0.25) is 9.59 Å². The first-order chi connectivity index (χ1) is 8.79. The van der Waals surface area contributed by atoms with Gasteiger partial charge in [-0.15, -0.1) is 0 Å². The number of nitrogens with zero attached hydrogens (tertiary/aromatic N) is 2. The molecule has 5 heteroatoms. The molecule has 0 aliphatic carbocycles. The van der Waals surface area contributed by atoms with E-state index in [1.807, 2.05) is 0 Å². The minimum absolute atomic E-state index is 0.293. The van der Waals surface area contributed by atoms with Crippen molar-refractivity contribution >= 4 is 11.8 Å². The average molecular weight is 253 g/mol. The normalized spacial score (nSPS) is 22.2. The number of rotatable bonds is 0. The zero-order valence-corrected chi connectivity index (χ0v) is 11.0. The van der Waals surface area contributed by atoms with Gasteiger partial charge < -0.3 is 15.1 Å². The molecule has 0 unspecified atom stereocenters. The molecule has 0 atom stereocenters.